The second kappa shape index (κ2) is 5.15. The Morgan fingerprint density at radius 1 is 1.55 bits per heavy atom. The first-order chi connectivity index (χ1) is 9.38. The summed E-state index contributed by atoms with van der Waals surface area (Å²) in [4.78, 5) is 25.1. The van der Waals surface area contributed by atoms with Crippen molar-refractivity contribution in [3.8, 4) is 0 Å². The van der Waals surface area contributed by atoms with Gasteiger partial charge in [-0.25, -0.2) is 4.79 Å². The smallest absolute Gasteiger partial charge is 0.321 e. The summed E-state index contributed by atoms with van der Waals surface area (Å²) in [6.07, 6.45) is 2.75. The Labute approximate surface area is 117 Å². The number of aliphatic carboxylic acids is 1. The third kappa shape index (κ3) is 2.48. The third-order valence-corrected chi connectivity index (χ3v) is 4.03. The maximum atomic E-state index is 12.2. The van der Waals surface area contributed by atoms with E-state index in [-0.39, 0.29) is 12.6 Å². The molecule has 2 rings (SSSR count). The van der Waals surface area contributed by atoms with E-state index in [9.17, 15) is 14.7 Å². The second-order valence-electron chi connectivity index (χ2n) is 5.34. The molecule has 2 N–H and O–H groups in total. The number of amides is 2. The molecule has 0 radical (unpaired) electrons. The van der Waals surface area contributed by atoms with Gasteiger partial charge in [-0.15, -0.1) is 0 Å². The van der Waals surface area contributed by atoms with Crippen LogP contribution in [0, 0.1) is 12.3 Å². The van der Waals surface area contributed by atoms with Crippen LogP contribution in [0.1, 0.15) is 25.5 Å². The van der Waals surface area contributed by atoms with E-state index in [2.05, 4.69) is 10.4 Å². The van der Waals surface area contributed by atoms with Gasteiger partial charge in [0, 0.05) is 26.3 Å². The van der Waals surface area contributed by atoms with Crippen molar-refractivity contribution in [3.63, 3.8) is 0 Å². The molecule has 7 heteroatoms. The summed E-state index contributed by atoms with van der Waals surface area (Å²) < 4.78 is 1.63. The molecule has 0 spiro atoms. The van der Waals surface area contributed by atoms with Gasteiger partial charge in [0.05, 0.1) is 16.8 Å². The van der Waals surface area contributed by atoms with Crippen LogP contribution < -0.4 is 5.32 Å². The number of carbonyl (C=O) groups excluding carboxylic acids is 1. The van der Waals surface area contributed by atoms with E-state index in [1.807, 2.05) is 13.8 Å². The van der Waals surface area contributed by atoms with Gasteiger partial charge in [0.25, 0.3) is 0 Å². The molecular formula is C13H20N4O3. The Bertz CT molecular complexity index is 540. The summed E-state index contributed by atoms with van der Waals surface area (Å²) in [5, 5.41) is 16.3. The molecule has 1 aliphatic rings. The van der Waals surface area contributed by atoms with Gasteiger partial charge in [-0.1, -0.05) is 6.92 Å². The Hall–Kier alpha value is -2.05. The van der Waals surface area contributed by atoms with Crippen molar-refractivity contribution < 1.29 is 14.7 Å². The number of hydrogen-bond donors (Lipinski definition) is 2. The summed E-state index contributed by atoms with van der Waals surface area (Å²) in [5.41, 5.74) is 0.586. The molecular weight excluding hydrogens is 260 g/mol. The van der Waals surface area contributed by atoms with E-state index in [4.69, 9.17) is 0 Å². The van der Waals surface area contributed by atoms with Crippen molar-refractivity contribution in [1.82, 2.24) is 14.7 Å². The first-order valence-electron chi connectivity index (χ1n) is 6.67. The zero-order chi connectivity index (χ0) is 14.9. The molecule has 1 aliphatic heterocycles. The SMILES string of the molecule is CCC1(C(=O)O)CCN(C(=O)Nc2cn(C)nc2C)C1. The van der Waals surface area contributed by atoms with Crippen LogP contribution in [0.4, 0.5) is 10.5 Å². The van der Waals surface area contributed by atoms with Crippen LogP contribution in [0.3, 0.4) is 0 Å². The van der Waals surface area contributed by atoms with Gasteiger partial charge in [-0.3, -0.25) is 9.48 Å². The largest absolute Gasteiger partial charge is 0.481 e. The first kappa shape index (κ1) is 14.4. The molecule has 1 atom stereocenters. The van der Waals surface area contributed by atoms with Crippen molar-refractivity contribution in [2.45, 2.75) is 26.7 Å². The number of hydrogen-bond acceptors (Lipinski definition) is 3. The van der Waals surface area contributed by atoms with Crippen molar-refractivity contribution in [3.05, 3.63) is 11.9 Å². The fraction of sp³-hybridized carbons (Fsp3) is 0.615. The number of likely N-dealkylation sites (tertiary alicyclic amines) is 1. The molecule has 110 valence electrons. The first-order valence-corrected chi connectivity index (χ1v) is 6.67. The van der Waals surface area contributed by atoms with Gasteiger partial charge in [-0.05, 0) is 19.8 Å². The molecule has 0 aliphatic carbocycles. The maximum absolute atomic E-state index is 12.2. The standard InChI is InChI=1S/C13H20N4O3/c1-4-13(11(18)19)5-6-17(8-13)12(20)14-10-7-16(3)15-9(10)2/h7H,4-6,8H2,1-3H3,(H,14,20)(H,18,19). The number of rotatable bonds is 3. The van der Waals surface area contributed by atoms with E-state index in [1.54, 1.807) is 22.8 Å². The number of aryl methyl sites for hydroxylation is 2. The monoisotopic (exact) mass is 280 g/mol. The predicted octanol–water partition coefficient (Wildman–Crippen LogP) is 1.45. The van der Waals surface area contributed by atoms with E-state index in [0.717, 1.165) is 5.69 Å². The lowest BCUT2D eigenvalue weighted by molar-refractivity contribution is -0.148. The highest BCUT2D eigenvalue weighted by molar-refractivity contribution is 5.90. The third-order valence-electron chi connectivity index (χ3n) is 4.03. The van der Waals surface area contributed by atoms with Crippen molar-refractivity contribution in [2.75, 3.05) is 18.4 Å². The fourth-order valence-electron chi connectivity index (χ4n) is 2.58. The topological polar surface area (TPSA) is 87.5 Å². The molecule has 2 amide bonds. The molecule has 2 heterocycles. The van der Waals surface area contributed by atoms with Gasteiger partial charge in [0.15, 0.2) is 0 Å². The molecule has 20 heavy (non-hydrogen) atoms. The van der Waals surface area contributed by atoms with Crippen LogP contribution in [0.25, 0.3) is 0 Å². The van der Waals surface area contributed by atoms with E-state index >= 15 is 0 Å². The summed E-state index contributed by atoms with van der Waals surface area (Å²) in [7, 11) is 1.78. The molecule has 1 saturated heterocycles. The summed E-state index contributed by atoms with van der Waals surface area (Å²) >= 11 is 0. The predicted molar refractivity (Wildman–Crippen MR) is 73.5 cm³/mol. The highest BCUT2D eigenvalue weighted by Crippen LogP contribution is 2.34. The van der Waals surface area contributed by atoms with Crippen LogP contribution in [-0.2, 0) is 11.8 Å². The van der Waals surface area contributed by atoms with E-state index in [0.29, 0.717) is 25.1 Å². The van der Waals surface area contributed by atoms with Crippen molar-refractivity contribution in [2.24, 2.45) is 12.5 Å². The highest BCUT2D eigenvalue weighted by Gasteiger charge is 2.44. The Morgan fingerprint density at radius 2 is 2.25 bits per heavy atom. The molecule has 1 aromatic rings. The van der Waals surface area contributed by atoms with Crippen molar-refractivity contribution in [1.29, 1.82) is 0 Å². The molecule has 0 saturated carbocycles. The Kier molecular flexibility index (Phi) is 3.69. The molecule has 0 bridgehead atoms. The number of carboxylic acids is 1. The van der Waals surface area contributed by atoms with Crippen LogP contribution in [0.5, 0.6) is 0 Å². The van der Waals surface area contributed by atoms with E-state index in [1.165, 1.54) is 0 Å². The van der Waals surface area contributed by atoms with Gasteiger partial charge in [-0.2, -0.15) is 5.10 Å². The van der Waals surface area contributed by atoms with Crippen LogP contribution in [-0.4, -0.2) is 44.9 Å². The minimum atomic E-state index is -0.826. The molecule has 1 fully saturated rings. The summed E-state index contributed by atoms with van der Waals surface area (Å²) in [6, 6.07) is -0.266. The zero-order valence-corrected chi connectivity index (χ0v) is 12.0. The fourth-order valence-corrected chi connectivity index (χ4v) is 2.58. The molecule has 0 aromatic carbocycles. The van der Waals surface area contributed by atoms with E-state index < -0.39 is 11.4 Å². The minimum absolute atomic E-state index is 0.254. The van der Waals surface area contributed by atoms with Gasteiger partial charge < -0.3 is 15.3 Å². The molecule has 7 nitrogen and oxygen atoms in total. The normalized spacial score (nSPS) is 22.1. The van der Waals surface area contributed by atoms with Crippen LogP contribution in [0.2, 0.25) is 0 Å². The number of carbonyl (C=O) groups is 2. The zero-order valence-electron chi connectivity index (χ0n) is 12.0. The Balaban J connectivity index is 2.05. The minimum Gasteiger partial charge on any atom is -0.481 e. The highest BCUT2D eigenvalue weighted by atomic mass is 16.4. The summed E-state index contributed by atoms with van der Waals surface area (Å²) in [6.45, 7) is 4.38. The van der Waals surface area contributed by atoms with Gasteiger partial charge in [0.1, 0.15) is 0 Å². The molecule has 1 unspecified atom stereocenters. The Morgan fingerprint density at radius 3 is 2.70 bits per heavy atom. The lowest BCUT2D eigenvalue weighted by Gasteiger charge is -2.23. The number of aromatic nitrogens is 2. The number of anilines is 1. The molecule has 1 aromatic heterocycles. The lowest BCUT2D eigenvalue weighted by atomic mass is 9.84. The van der Waals surface area contributed by atoms with Crippen LogP contribution in [0.15, 0.2) is 6.20 Å². The summed E-state index contributed by atoms with van der Waals surface area (Å²) in [5.74, 6) is -0.826. The number of carboxylic acid groups (broad SMARTS) is 1. The number of urea groups is 1. The van der Waals surface area contributed by atoms with Crippen molar-refractivity contribution >= 4 is 17.7 Å². The quantitative estimate of drug-likeness (QED) is 0.877. The number of nitrogens with one attached hydrogen (secondary N) is 1. The maximum Gasteiger partial charge on any atom is 0.321 e. The van der Waals surface area contributed by atoms with Gasteiger partial charge >= 0.3 is 12.0 Å². The second-order valence-corrected chi connectivity index (χ2v) is 5.34. The lowest BCUT2D eigenvalue weighted by Crippen LogP contribution is -2.38. The van der Waals surface area contributed by atoms with Crippen LogP contribution >= 0.6 is 0 Å². The average molecular weight is 280 g/mol. The average Bonchev–Trinajstić information content (AvgIpc) is 2.94. The number of nitrogens with zero attached hydrogens (tertiary/aromatic N) is 3. The van der Waals surface area contributed by atoms with Gasteiger partial charge in [0.2, 0.25) is 0 Å².